The lowest BCUT2D eigenvalue weighted by Crippen LogP contribution is -2.38. The van der Waals surface area contributed by atoms with Gasteiger partial charge in [0, 0.05) is 18.5 Å². The summed E-state index contributed by atoms with van der Waals surface area (Å²) in [7, 11) is 0. The van der Waals surface area contributed by atoms with Gasteiger partial charge < -0.3 is 10.4 Å². The van der Waals surface area contributed by atoms with Gasteiger partial charge in [-0.25, -0.2) is 0 Å². The Labute approximate surface area is 103 Å². The summed E-state index contributed by atoms with van der Waals surface area (Å²) in [5.74, 6) is 0. The van der Waals surface area contributed by atoms with Crippen LogP contribution in [0.5, 0.6) is 0 Å². The zero-order valence-electron chi connectivity index (χ0n) is 10.3. The zero-order chi connectivity index (χ0) is 11.7. The molecule has 1 spiro atoms. The monoisotopic (exact) mass is 231 g/mol. The molecule has 2 nitrogen and oxygen atoms in total. The van der Waals surface area contributed by atoms with Gasteiger partial charge in [-0.15, -0.1) is 0 Å². The van der Waals surface area contributed by atoms with E-state index in [-0.39, 0.29) is 11.5 Å². The van der Waals surface area contributed by atoms with E-state index < -0.39 is 0 Å². The van der Waals surface area contributed by atoms with Crippen molar-refractivity contribution in [2.24, 2.45) is 0 Å². The molecule has 0 aromatic heterocycles. The number of β-amino-alcohol motifs (C(OH)–C–C–N with tert-alkyl or cyclic N) is 1. The largest absolute Gasteiger partial charge is 0.387 e. The Balaban J connectivity index is 2.07. The molecule has 2 aliphatic rings. The highest BCUT2D eigenvalue weighted by molar-refractivity contribution is 5.38. The van der Waals surface area contributed by atoms with Gasteiger partial charge in [0.2, 0.25) is 0 Å². The van der Waals surface area contributed by atoms with Crippen molar-refractivity contribution in [3.8, 4) is 0 Å². The van der Waals surface area contributed by atoms with E-state index in [1.165, 1.54) is 37.7 Å². The lowest BCUT2D eigenvalue weighted by atomic mass is 9.68. The van der Waals surface area contributed by atoms with Crippen molar-refractivity contribution in [1.29, 1.82) is 0 Å². The first-order valence-corrected chi connectivity index (χ1v) is 6.80. The normalized spacial score (nSPS) is 27.5. The SMILES string of the molecule is OC1CNCC2(CCCCC2)c2ccccc21. The van der Waals surface area contributed by atoms with E-state index in [1.807, 2.05) is 6.07 Å². The predicted molar refractivity (Wildman–Crippen MR) is 69.0 cm³/mol. The Hall–Kier alpha value is -0.860. The number of hydrogen-bond acceptors (Lipinski definition) is 2. The van der Waals surface area contributed by atoms with Crippen LogP contribution >= 0.6 is 0 Å². The summed E-state index contributed by atoms with van der Waals surface area (Å²) in [6.07, 6.45) is 6.21. The third kappa shape index (κ3) is 1.90. The lowest BCUT2D eigenvalue weighted by molar-refractivity contribution is 0.177. The van der Waals surface area contributed by atoms with E-state index in [2.05, 4.69) is 23.5 Å². The van der Waals surface area contributed by atoms with E-state index in [0.29, 0.717) is 6.54 Å². The molecule has 0 radical (unpaired) electrons. The van der Waals surface area contributed by atoms with Gasteiger partial charge in [0.15, 0.2) is 0 Å². The summed E-state index contributed by atoms with van der Waals surface area (Å²) in [6, 6.07) is 8.50. The molecule has 1 aromatic rings. The minimum atomic E-state index is -0.340. The Kier molecular flexibility index (Phi) is 2.93. The lowest BCUT2D eigenvalue weighted by Gasteiger charge is -2.38. The van der Waals surface area contributed by atoms with Crippen molar-refractivity contribution in [3.05, 3.63) is 35.4 Å². The number of aliphatic hydroxyl groups is 1. The minimum Gasteiger partial charge on any atom is -0.387 e. The zero-order valence-corrected chi connectivity index (χ0v) is 10.3. The molecule has 1 atom stereocenters. The second kappa shape index (κ2) is 4.43. The molecule has 17 heavy (non-hydrogen) atoms. The van der Waals surface area contributed by atoms with Crippen LogP contribution in [0.15, 0.2) is 24.3 Å². The second-order valence-electron chi connectivity index (χ2n) is 5.57. The molecule has 0 saturated heterocycles. The van der Waals surface area contributed by atoms with Crippen molar-refractivity contribution < 1.29 is 5.11 Å². The predicted octanol–water partition coefficient (Wildman–Crippen LogP) is 2.53. The second-order valence-corrected chi connectivity index (χ2v) is 5.57. The van der Waals surface area contributed by atoms with Gasteiger partial charge in [0.1, 0.15) is 0 Å². The van der Waals surface area contributed by atoms with Crippen LogP contribution in [0, 0.1) is 0 Å². The highest BCUT2D eigenvalue weighted by Crippen LogP contribution is 2.42. The van der Waals surface area contributed by atoms with Crippen molar-refractivity contribution >= 4 is 0 Å². The van der Waals surface area contributed by atoms with Gasteiger partial charge in [-0.2, -0.15) is 0 Å². The van der Waals surface area contributed by atoms with Gasteiger partial charge in [0.25, 0.3) is 0 Å². The smallest absolute Gasteiger partial charge is 0.0917 e. The third-order valence-corrected chi connectivity index (χ3v) is 4.50. The van der Waals surface area contributed by atoms with Gasteiger partial charge in [-0.1, -0.05) is 43.5 Å². The van der Waals surface area contributed by atoms with Crippen LogP contribution in [-0.4, -0.2) is 18.2 Å². The summed E-state index contributed by atoms with van der Waals surface area (Å²) in [6.45, 7) is 1.72. The van der Waals surface area contributed by atoms with Crippen LogP contribution < -0.4 is 5.32 Å². The van der Waals surface area contributed by atoms with Crippen molar-refractivity contribution in [1.82, 2.24) is 5.32 Å². The van der Waals surface area contributed by atoms with Crippen LogP contribution in [0.25, 0.3) is 0 Å². The fourth-order valence-electron chi connectivity index (χ4n) is 3.60. The summed E-state index contributed by atoms with van der Waals surface area (Å²) in [5, 5.41) is 13.6. The number of fused-ring (bicyclic) bond motifs is 2. The molecule has 1 aliphatic heterocycles. The first-order chi connectivity index (χ1) is 8.32. The molecule has 2 heteroatoms. The molecular weight excluding hydrogens is 210 g/mol. The summed E-state index contributed by atoms with van der Waals surface area (Å²) in [4.78, 5) is 0. The Bertz CT molecular complexity index is 396. The van der Waals surface area contributed by atoms with Crippen LogP contribution in [-0.2, 0) is 5.41 Å². The maximum atomic E-state index is 10.2. The number of nitrogens with one attached hydrogen (secondary N) is 1. The van der Waals surface area contributed by atoms with Gasteiger partial charge in [-0.05, 0) is 24.0 Å². The van der Waals surface area contributed by atoms with Crippen LogP contribution in [0.2, 0.25) is 0 Å². The molecule has 1 aromatic carbocycles. The van der Waals surface area contributed by atoms with Crippen molar-refractivity contribution in [3.63, 3.8) is 0 Å². The molecule has 0 bridgehead atoms. The molecule has 1 fully saturated rings. The molecule has 1 unspecified atom stereocenters. The number of aliphatic hydroxyl groups excluding tert-OH is 1. The quantitative estimate of drug-likeness (QED) is 0.719. The van der Waals surface area contributed by atoms with E-state index in [9.17, 15) is 5.11 Å². The summed E-state index contributed by atoms with van der Waals surface area (Å²) >= 11 is 0. The fourth-order valence-corrected chi connectivity index (χ4v) is 3.60. The number of benzene rings is 1. The Morgan fingerprint density at radius 2 is 1.88 bits per heavy atom. The van der Waals surface area contributed by atoms with Crippen molar-refractivity contribution in [2.45, 2.75) is 43.6 Å². The van der Waals surface area contributed by atoms with Crippen LogP contribution in [0.1, 0.15) is 49.3 Å². The molecule has 3 rings (SSSR count). The summed E-state index contributed by atoms with van der Waals surface area (Å²) in [5.41, 5.74) is 2.84. The van der Waals surface area contributed by atoms with E-state index >= 15 is 0 Å². The van der Waals surface area contributed by atoms with E-state index in [0.717, 1.165) is 12.1 Å². The number of rotatable bonds is 0. The van der Waals surface area contributed by atoms with Gasteiger partial charge >= 0.3 is 0 Å². The first-order valence-electron chi connectivity index (χ1n) is 6.80. The summed E-state index contributed by atoms with van der Waals surface area (Å²) < 4.78 is 0. The molecule has 2 N–H and O–H groups in total. The highest BCUT2D eigenvalue weighted by atomic mass is 16.3. The minimum absolute atomic E-state index is 0.284. The maximum Gasteiger partial charge on any atom is 0.0917 e. The molecule has 1 aliphatic carbocycles. The van der Waals surface area contributed by atoms with Crippen molar-refractivity contribution in [2.75, 3.05) is 13.1 Å². The molecule has 0 amide bonds. The molecular formula is C15H21NO. The maximum absolute atomic E-state index is 10.2. The van der Waals surface area contributed by atoms with E-state index in [4.69, 9.17) is 0 Å². The van der Waals surface area contributed by atoms with Gasteiger partial charge in [0.05, 0.1) is 6.10 Å². The average molecular weight is 231 g/mol. The Morgan fingerprint density at radius 1 is 1.12 bits per heavy atom. The number of hydrogen-bond donors (Lipinski definition) is 2. The third-order valence-electron chi connectivity index (χ3n) is 4.50. The van der Waals surface area contributed by atoms with E-state index in [1.54, 1.807) is 0 Å². The molecule has 1 heterocycles. The molecule has 92 valence electrons. The fraction of sp³-hybridized carbons (Fsp3) is 0.600. The Morgan fingerprint density at radius 3 is 2.71 bits per heavy atom. The highest BCUT2D eigenvalue weighted by Gasteiger charge is 2.37. The van der Waals surface area contributed by atoms with Gasteiger partial charge in [-0.3, -0.25) is 0 Å². The topological polar surface area (TPSA) is 32.3 Å². The first kappa shape index (κ1) is 11.2. The van der Waals surface area contributed by atoms with Crippen LogP contribution in [0.4, 0.5) is 0 Å². The molecule has 1 saturated carbocycles. The van der Waals surface area contributed by atoms with Crippen LogP contribution in [0.3, 0.4) is 0 Å². The average Bonchev–Trinajstić information content (AvgIpc) is 2.51. The standard InChI is InChI=1S/C15H21NO/c17-14-10-16-11-15(8-4-1-5-9-15)13-7-3-2-6-12(13)14/h2-3,6-7,14,16-17H,1,4-5,8-11H2.